The van der Waals surface area contributed by atoms with Crippen LogP contribution in [0.1, 0.15) is 27.1 Å². The summed E-state index contributed by atoms with van der Waals surface area (Å²) in [5, 5.41) is 21.4. The summed E-state index contributed by atoms with van der Waals surface area (Å²) in [7, 11) is 1.41. The molecule has 1 heterocycles. The van der Waals surface area contributed by atoms with E-state index in [1.165, 1.54) is 55.6 Å². The van der Waals surface area contributed by atoms with Gasteiger partial charge in [-0.1, -0.05) is 0 Å². The Labute approximate surface area is 180 Å². The number of carbonyl (C=O) groups excluding carboxylic acids is 2. The molecule has 0 saturated carbocycles. The summed E-state index contributed by atoms with van der Waals surface area (Å²) < 4.78 is 21.4. The third-order valence-electron chi connectivity index (χ3n) is 4.69. The van der Waals surface area contributed by atoms with E-state index >= 15 is 0 Å². The molecule has 1 aliphatic heterocycles. The number of non-ortho nitro benzene ring substituents is 2. The van der Waals surface area contributed by atoms with Crippen LogP contribution >= 0.6 is 0 Å². The summed E-state index contributed by atoms with van der Waals surface area (Å²) >= 11 is 0. The fraction of sp³-hybridized carbons (Fsp3) is 0.300. The van der Waals surface area contributed by atoms with Gasteiger partial charge in [-0.2, -0.15) is 0 Å². The Morgan fingerprint density at radius 1 is 0.938 bits per heavy atom. The van der Waals surface area contributed by atoms with Crippen molar-refractivity contribution in [2.75, 3.05) is 13.7 Å². The predicted octanol–water partition coefficient (Wildman–Crippen LogP) is 2.65. The topological polar surface area (TPSA) is 157 Å². The Balaban J connectivity index is 1.61. The van der Waals surface area contributed by atoms with Gasteiger partial charge in [-0.3, -0.25) is 20.2 Å². The van der Waals surface area contributed by atoms with Crippen molar-refractivity contribution >= 4 is 23.3 Å². The molecule has 0 radical (unpaired) electrons. The van der Waals surface area contributed by atoms with Crippen molar-refractivity contribution in [2.24, 2.45) is 0 Å². The second-order valence-electron chi connectivity index (χ2n) is 6.73. The highest BCUT2D eigenvalue weighted by Gasteiger charge is 2.39. The van der Waals surface area contributed by atoms with E-state index < -0.39 is 40.3 Å². The van der Waals surface area contributed by atoms with E-state index in [1.807, 2.05) is 0 Å². The van der Waals surface area contributed by atoms with Crippen LogP contribution in [-0.2, 0) is 18.9 Å². The van der Waals surface area contributed by atoms with Gasteiger partial charge in [0.1, 0.15) is 18.8 Å². The highest BCUT2D eigenvalue weighted by molar-refractivity contribution is 5.90. The summed E-state index contributed by atoms with van der Waals surface area (Å²) in [4.78, 5) is 44.9. The number of nitro groups is 2. The van der Waals surface area contributed by atoms with Crippen molar-refractivity contribution in [2.45, 2.75) is 24.9 Å². The van der Waals surface area contributed by atoms with Gasteiger partial charge in [-0.25, -0.2) is 9.59 Å². The molecule has 0 aliphatic carbocycles. The summed E-state index contributed by atoms with van der Waals surface area (Å²) in [5.41, 5.74) is -0.113. The highest BCUT2D eigenvalue weighted by Crippen LogP contribution is 2.26. The van der Waals surface area contributed by atoms with Gasteiger partial charge in [0.15, 0.2) is 6.29 Å². The lowest BCUT2D eigenvalue weighted by atomic mass is 10.1. The normalized spacial score (nSPS) is 19.8. The van der Waals surface area contributed by atoms with Gasteiger partial charge in [0.05, 0.1) is 21.0 Å². The quantitative estimate of drug-likeness (QED) is 0.335. The number of ether oxygens (including phenoxy) is 4. The summed E-state index contributed by atoms with van der Waals surface area (Å²) in [6.07, 6.45) is -2.11. The summed E-state index contributed by atoms with van der Waals surface area (Å²) in [6.45, 7) is -0.256. The van der Waals surface area contributed by atoms with Crippen molar-refractivity contribution in [3.05, 3.63) is 79.9 Å². The van der Waals surface area contributed by atoms with E-state index in [9.17, 15) is 29.8 Å². The number of esters is 2. The van der Waals surface area contributed by atoms with Crippen molar-refractivity contribution in [3.63, 3.8) is 0 Å². The molecular weight excluding hydrogens is 428 g/mol. The minimum Gasteiger partial charge on any atom is -0.459 e. The molecule has 0 amide bonds. The number of rotatable bonds is 8. The number of nitrogens with zero attached hydrogens (tertiary/aromatic N) is 2. The van der Waals surface area contributed by atoms with E-state index in [2.05, 4.69) is 0 Å². The number of methoxy groups -OCH3 is 1. The second kappa shape index (κ2) is 9.94. The number of hydrogen-bond acceptors (Lipinski definition) is 10. The van der Waals surface area contributed by atoms with Crippen molar-refractivity contribution in [3.8, 4) is 0 Å². The first-order chi connectivity index (χ1) is 15.3. The maximum Gasteiger partial charge on any atom is 0.338 e. The molecular formula is C20H18N2O10. The minimum atomic E-state index is -0.816. The van der Waals surface area contributed by atoms with Crippen LogP contribution in [0.15, 0.2) is 48.5 Å². The molecule has 0 bridgehead atoms. The lowest BCUT2D eigenvalue weighted by Crippen LogP contribution is -2.32. The zero-order valence-corrected chi connectivity index (χ0v) is 16.7. The van der Waals surface area contributed by atoms with Crippen LogP contribution in [0.4, 0.5) is 11.4 Å². The first-order valence-corrected chi connectivity index (χ1v) is 9.33. The fourth-order valence-corrected chi connectivity index (χ4v) is 2.99. The molecule has 168 valence electrons. The smallest absolute Gasteiger partial charge is 0.338 e. The number of benzene rings is 2. The highest BCUT2D eigenvalue weighted by atomic mass is 16.7. The molecule has 1 unspecified atom stereocenters. The third kappa shape index (κ3) is 5.42. The van der Waals surface area contributed by atoms with Crippen LogP contribution in [0, 0.1) is 20.2 Å². The maximum absolute atomic E-state index is 12.4. The second-order valence-corrected chi connectivity index (χ2v) is 6.73. The molecule has 0 aromatic heterocycles. The first kappa shape index (κ1) is 22.8. The molecule has 2 aromatic rings. The number of hydrogen-bond donors (Lipinski definition) is 0. The van der Waals surface area contributed by atoms with E-state index in [-0.39, 0.29) is 35.5 Å². The van der Waals surface area contributed by atoms with Crippen LogP contribution in [0.3, 0.4) is 0 Å². The SMILES string of the molecule is COC1C[C@H](OC(=O)c2ccc([N+](=O)[O-])cc2)[C@@H](COC(=O)c2ccc([N+](=O)[O-])cc2)O1. The molecule has 1 fully saturated rings. The number of nitro benzene ring substituents is 2. The van der Waals surface area contributed by atoms with Gasteiger partial charge < -0.3 is 18.9 Å². The Bertz CT molecular complexity index is 1010. The molecule has 12 nitrogen and oxygen atoms in total. The van der Waals surface area contributed by atoms with E-state index in [1.54, 1.807) is 0 Å². The van der Waals surface area contributed by atoms with Gasteiger partial charge in [0.25, 0.3) is 11.4 Å². The Hall–Kier alpha value is -3.90. The van der Waals surface area contributed by atoms with Crippen LogP contribution in [0.5, 0.6) is 0 Å². The predicted molar refractivity (Wildman–Crippen MR) is 106 cm³/mol. The largest absolute Gasteiger partial charge is 0.459 e. The molecule has 1 saturated heterocycles. The van der Waals surface area contributed by atoms with E-state index in [0.717, 1.165) is 0 Å². The fourth-order valence-electron chi connectivity index (χ4n) is 2.99. The van der Waals surface area contributed by atoms with Gasteiger partial charge in [-0.15, -0.1) is 0 Å². The lowest BCUT2D eigenvalue weighted by molar-refractivity contribution is -0.385. The molecule has 0 N–H and O–H groups in total. The van der Waals surface area contributed by atoms with Crippen molar-refractivity contribution < 1.29 is 38.4 Å². The Morgan fingerprint density at radius 2 is 1.44 bits per heavy atom. The summed E-state index contributed by atoms with van der Waals surface area (Å²) in [6, 6.07) is 9.80. The molecule has 12 heteroatoms. The maximum atomic E-state index is 12.4. The summed E-state index contributed by atoms with van der Waals surface area (Å²) in [5.74, 6) is -1.46. The Morgan fingerprint density at radius 3 is 1.91 bits per heavy atom. The zero-order valence-electron chi connectivity index (χ0n) is 16.7. The lowest BCUT2D eigenvalue weighted by Gasteiger charge is -2.18. The molecule has 3 atom stereocenters. The monoisotopic (exact) mass is 446 g/mol. The van der Waals surface area contributed by atoms with Crippen LogP contribution in [0.25, 0.3) is 0 Å². The molecule has 32 heavy (non-hydrogen) atoms. The average Bonchev–Trinajstić information content (AvgIpc) is 3.19. The molecule has 3 rings (SSSR count). The molecule has 2 aromatic carbocycles. The van der Waals surface area contributed by atoms with Crippen LogP contribution in [-0.4, -0.2) is 54.0 Å². The standard InChI is InChI=1S/C20H18N2O10/c1-29-18-10-16(32-20(24)13-4-8-15(9-5-13)22(27)28)17(31-18)11-30-19(23)12-2-6-14(7-3-12)21(25)26/h2-9,16-18H,10-11H2,1H3/t16-,17+,18?/m0/s1. The Kier molecular flexibility index (Phi) is 7.07. The van der Waals surface area contributed by atoms with Crippen LogP contribution in [0.2, 0.25) is 0 Å². The molecule has 0 spiro atoms. The van der Waals surface area contributed by atoms with Gasteiger partial charge in [0.2, 0.25) is 0 Å². The van der Waals surface area contributed by atoms with Crippen molar-refractivity contribution in [1.82, 2.24) is 0 Å². The van der Waals surface area contributed by atoms with E-state index in [0.29, 0.717) is 0 Å². The van der Waals surface area contributed by atoms with E-state index in [4.69, 9.17) is 18.9 Å². The van der Waals surface area contributed by atoms with Gasteiger partial charge in [0, 0.05) is 37.8 Å². The minimum absolute atomic E-state index is 0.108. The van der Waals surface area contributed by atoms with Gasteiger partial charge >= 0.3 is 11.9 Å². The first-order valence-electron chi connectivity index (χ1n) is 9.33. The number of carbonyl (C=O) groups is 2. The van der Waals surface area contributed by atoms with Crippen LogP contribution < -0.4 is 0 Å². The molecule has 1 aliphatic rings. The van der Waals surface area contributed by atoms with Crippen molar-refractivity contribution in [1.29, 1.82) is 0 Å². The zero-order chi connectivity index (χ0) is 23.3. The average molecular weight is 446 g/mol. The third-order valence-corrected chi connectivity index (χ3v) is 4.69. The van der Waals surface area contributed by atoms with Gasteiger partial charge in [-0.05, 0) is 24.3 Å².